The van der Waals surface area contributed by atoms with Crippen LogP contribution in [0, 0.1) is 6.92 Å². The van der Waals surface area contributed by atoms with Gasteiger partial charge in [-0.1, -0.05) is 31.9 Å². The molecule has 0 N–H and O–H groups in total. The minimum atomic E-state index is 1.15. The summed E-state index contributed by atoms with van der Waals surface area (Å²) in [5.41, 5.74) is 6.92. The van der Waals surface area contributed by atoms with Gasteiger partial charge in [0, 0.05) is 5.69 Å². The van der Waals surface area contributed by atoms with Crippen LogP contribution >= 0.6 is 0 Å². The highest BCUT2D eigenvalue weighted by Crippen LogP contribution is 2.28. The van der Waals surface area contributed by atoms with Crippen LogP contribution in [0.4, 0.5) is 0 Å². The van der Waals surface area contributed by atoms with Gasteiger partial charge in [-0.15, -0.1) is 0 Å². The molecule has 0 fully saturated rings. The van der Waals surface area contributed by atoms with Crippen LogP contribution in [-0.4, -0.2) is 9.78 Å². The van der Waals surface area contributed by atoms with E-state index in [-0.39, 0.29) is 0 Å². The maximum absolute atomic E-state index is 4.99. The van der Waals surface area contributed by atoms with Crippen molar-refractivity contribution in [1.82, 2.24) is 9.78 Å². The van der Waals surface area contributed by atoms with Gasteiger partial charge in [0.05, 0.1) is 11.4 Å². The Morgan fingerprint density at radius 1 is 1.14 bits per heavy atom. The molecule has 0 amide bonds. The van der Waals surface area contributed by atoms with Gasteiger partial charge in [0.25, 0.3) is 0 Å². The van der Waals surface area contributed by atoms with Crippen LogP contribution in [0.1, 0.15) is 61.5 Å². The highest BCUT2D eigenvalue weighted by atomic mass is 15.3. The number of hydrogen-bond acceptors (Lipinski definition) is 1. The summed E-state index contributed by atoms with van der Waals surface area (Å²) in [5, 5.41) is 4.99. The monoisotopic (exact) mass is 282 g/mol. The molecular formula is C19H26N2. The third-order valence-corrected chi connectivity index (χ3v) is 4.53. The summed E-state index contributed by atoms with van der Waals surface area (Å²) in [4.78, 5) is 0. The van der Waals surface area contributed by atoms with Crippen molar-refractivity contribution in [2.45, 2.75) is 65.2 Å². The van der Waals surface area contributed by atoms with E-state index in [1.165, 1.54) is 67.6 Å². The van der Waals surface area contributed by atoms with Crippen molar-refractivity contribution in [2.75, 3.05) is 0 Å². The molecule has 0 aliphatic heterocycles. The molecule has 1 aliphatic rings. The number of aromatic nitrogens is 2. The van der Waals surface area contributed by atoms with Gasteiger partial charge in [0.15, 0.2) is 0 Å². The minimum absolute atomic E-state index is 1.15. The van der Waals surface area contributed by atoms with E-state index in [0.29, 0.717) is 0 Å². The van der Waals surface area contributed by atoms with Crippen molar-refractivity contribution in [3.05, 3.63) is 46.8 Å². The van der Waals surface area contributed by atoms with Crippen molar-refractivity contribution in [1.29, 1.82) is 0 Å². The predicted octanol–water partition coefficient (Wildman–Crippen LogP) is 4.79. The highest BCUT2D eigenvalue weighted by Gasteiger charge is 2.21. The molecule has 2 aromatic rings. The fourth-order valence-corrected chi connectivity index (χ4v) is 3.39. The molecule has 1 aromatic heterocycles. The Bertz CT molecular complexity index is 610. The Balaban J connectivity index is 1.96. The molecule has 0 saturated carbocycles. The molecule has 1 heterocycles. The lowest BCUT2D eigenvalue weighted by atomic mass is 9.94. The molecular weight excluding hydrogens is 256 g/mol. The van der Waals surface area contributed by atoms with Gasteiger partial charge in [-0.25, -0.2) is 4.68 Å². The Hall–Kier alpha value is -1.57. The highest BCUT2D eigenvalue weighted by molar-refractivity contribution is 5.40. The molecule has 1 aliphatic carbocycles. The topological polar surface area (TPSA) is 17.8 Å². The normalized spacial score (nSPS) is 14.2. The van der Waals surface area contributed by atoms with Gasteiger partial charge in [-0.05, 0) is 68.7 Å². The SMILES string of the molecule is CCCCCc1nn(-c2cccc(C)c2)c2c1CCCC2. The molecule has 21 heavy (non-hydrogen) atoms. The Morgan fingerprint density at radius 3 is 2.81 bits per heavy atom. The summed E-state index contributed by atoms with van der Waals surface area (Å²) in [5.74, 6) is 0. The summed E-state index contributed by atoms with van der Waals surface area (Å²) in [6.07, 6.45) is 10.1. The van der Waals surface area contributed by atoms with E-state index in [0.717, 1.165) is 6.42 Å². The van der Waals surface area contributed by atoms with Crippen molar-refractivity contribution < 1.29 is 0 Å². The van der Waals surface area contributed by atoms with Crippen LogP contribution in [0.3, 0.4) is 0 Å². The van der Waals surface area contributed by atoms with Crippen LogP contribution in [0.25, 0.3) is 5.69 Å². The van der Waals surface area contributed by atoms with E-state index in [9.17, 15) is 0 Å². The van der Waals surface area contributed by atoms with Crippen LogP contribution in [0.15, 0.2) is 24.3 Å². The first kappa shape index (κ1) is 14.4. The van der Waals surface area contributed by atoms with E-state index in [1.54, 1.807) is 5.56 Å². The molecule has 0 spiro atoms. The standard InChI is InChI=1S/C19H26N2/c1-3-4-5-12-18-17-11-6-7-13-19(17)21(20-18)16-10-8-9-15(2)14-16/h8-10,14H,3-7,11-13H2,1-2H3. The molecule has 3 rings (SSSR count). The van der Waals surface area contributed by atoms with Gasteiger partial charge in [0.2, 0.25) is 0 Å². The van der Waals surface area contributed by atoms with Crippen molar-refractivity contribution in [2.24, 2.45) is 0 Å². The number of aryl methyl sites for hydroxylation is 2. The molecule has 112 valence electrons. The second-order valence-corrected chi connectivity index (χ2v) is 6.29. The second-order valence-electron chi connectivity index (χ2n) is 6.29. The third-order valence-electron chi connectivity index (χ3n) is 4.53. The Kier molecular flexibility index (Phi) is 4.42. The van der Waals surface area contributed by atoms with E-state index in [4.69, 9.17) is 5.10 Å². The van der Waals surface area contributed by atoms with E-state index >= 15 is 0 Å². The Morgan fingerprint density at radius 2 is 2.00 bits per heavy atom. The summed E-state index contributed by atoms with van der Waals surface area (Å²) in [6.45, 7) is 4.42. The van der Waals surface area contributed by atoms with Crippen molar-refractivity contribution in [3.8, 4) is 5.69 Å². The molecule has 0 radical (unpaired) electrons. The van der Waals surface area contributed by atoms with Gasteiger partial charge >= 0.3 is 0 Å². The van der Waals surface area contributed by atoms with Crippen LogP contribution in [-0.2, 0) is 19.3 Å². The van der Waals surface area contributed by atoms with Crippen LogP contribution in [0.5, 0.6) is 0 Å². The number of unbranched alkanes of at least 4 members (excludes halogenated alkanes) is 2. The summed E-state index contributed by atoms with van der Waals surface area (Å²) >= 11 is 0. The maximum atomic E-state index is 4.99. The van der Waals surface area contributed by atoms with Gasteiger partial charge in [0.1, 0.15) is 0 Å². The summed E-state index contributed by atoms with van der Waals surface area (Å²) in [6, 6.07) is 8.72. The number of benzene rings is 1. The average Bonchev–Trinajstić information content (AvgIpc) is 2.87. The lowest BCUT2D eigenvalue weighted by molar-refractivity contribution is 0.652. The van der Waals surface area contributed by atoms with Crippen molar-refractivity contribution in [3.63, 3.8) is 0 Å². The molecule has 0 bridgehead atoms. The van der Waals surface area contributed by atoms with E-state index < -0.39 is 0 Å². The molecule has 0 unspecified atom stereocenters. The van der Waals surface area contributed by atoms with Crippen LogP contribution in [0.2, 0.25) is 0 Å². The molecule has 2 heteroatoms. The predicted molar refractivity (Wildman–Crippen MR) is 88.2 cm³/mol. The number of fused-ring (bicyclic) bond motifs is 1. The average molecular weight is 282 g/mol. The summed E-state index contributed by atoms with van der Waals surface area (Å²) in [7, 11) is 0. The third kappa shape index (κ3) is 3.04. The minimum Gasteiger partial charge on any atom is -0.237 e. The molecule has 0 atom stereocenters. The first-order valence-electron chi connectivity index (χ1n) is 8.46. The smallest absolute Gasteiger partial charge is 0.0663 e. The first-order valence-corrected chi connectivity index (χ1v) is 8.46. The quantitative estimate of drug-likeness (QED) is 0.721. The molecule has 1 aromatic carbocycles. The van der Waals surface area contributed by atoms with Crippen molar-refractivity contribution >= 4 is 0 Å². The fourth-order valence-electron chi connectivity index (χ4n) is 3.39. The first-order chi connectivity index (χ1) is 10.3. The maximum Gasteiger partial charge on any atom is 0.0663 e. The lowest BCUT2D eigenvalue weighted by Gasteiger charge is -2.14. The number of hydrogen-bond donors (Lipinski definition) is 0. The zero-order valence-corrected chi connectivity index (χ0v) is 13.4. The summed E-state index contributed by atoms with van der Waals surface area (Å²) < 4.78 is 2.22. The van der Waals surface area contributed by atoms with Gasteiger partial charge in [-0.3, -0.25) is 0 Å². The lowest BCUT2D eigenvalue weighted by Crippen LogP contribution is -2.07. The zero-order valence-electron chi connectivity index (χ0n) is 13.4. The fraction of sp³-hybridized carbons (Fsp3) is 0.526. The van der Waals surface area contributed by atoms with Gasteiger partial charge < -0.3 is 0 Å². The molecule has 2 nitrogen and oxygen atoms in total. The van der Waals surface area contributed by atoms with E-state index in [1.807, 2.05) is 0 Å². The number of rotatable bonds is 5. The Labute approximate surface area is 128 Å². The zero-order chi connectivity index (χ0) is 14.7. The van der Waals surface area contributed by atoms with E-state index in [2.05, 4.69) is 42.8 Å². The van der Waals surface area contributed by atoms with Gasteiger partial charge in [-0.2, -0.15) is 5.10 Å². The number of nitrogens with zero attached hydrogens (tertiary/aromatic N) is 2. The second kappa shape index (κ2) is 6.46. The largest absolute Gasteiger partial charge is 0.237 e. The van der Waals surface area contributed by atoms with Crippen LogP contribution < -0.4 is 0 Å². The molecule has 0 saturated heterocycles.